The predicted octanol–water partition coefficient (Wildman–Crippen LogP) is 2.94. The first-order valence-corrected chi connectivity index (χ1v) is 11.5. The van der Waals surface area contributed by atoms with E-state index in [2.05, 4.69) is 24.6 Å². The van der Waals surface area contributed by atoms with Gasteiger partial charge in [0.05, 0.1) is 29.3 Å². The molecular formula is C25H26N8O2. The predicted molar refractivity (Wildman–Crippen MR) is 134 cm³/mol. The average molecular weight is 471 g/mol. The minimum atomic E-state index is -0.496. The molecule has 0 bridgehead atoms. The normalized spacial score (nSPS) is 20.1. The van der Waals surface area contributed by atoms with Crippen molar-refractivity contribution in [3.05, 3.63) is 55.1 Å². The monoisotopic (exact) mass is 470 g/mol. The van der Waals surface area contributed by atoms with Crippen LogP contribution >= 0.6 is 0 Å². The molecule has 10 nitrogen and oxygen atoms in total. The lowest BCUT2D eigenvalue weighted by molar-refractivity contribution is 0.0983. The Morgan fingerprint density at radius 2 is 1.97 bits per heavy atom. The van der Waals surface area contributed by atoms with Crippen LogP contribution in [0.15, 0.2) is 55.1 Å². The van der Waals surface area contributed by atoms with Crippen molar-refractivity contribution in [2.75, 3.05) is 18.1 Å². The van der Waals surface area contributed by atoms with Crippen LogP contribution in [0.4, 0.5) is 11.6 Å². The molecule has 178 valence electrons. The second kappa shape index (κ2) is 8.24. The zero-order valence-electron chi connectivity index (χ0n) is 19.2. The largest absolute Gasteiger partial charge is 0.493 e. The van der Waals surface area contributed by atoms with Gasteiger partial charge in [-0.2, -0.15) is 5.10 Å². The minimum Gasteiger partial charge on any atom is -0.493 e. The van der Waals surface area contributed by atoms with Crippen LogP contribution in [0.1, 0.15) is 18.9 Å². The summed E-state index contributed by atoms with van der Waals surface area (Å²) in [5.41, 5.74) is 15.3. The molecule has 1 aromatic carbocycles. The molecule has 0 saturated heterocycles. The Labute approximate surface area is 201 Å². The van der Waals surface area contributed by atoms with Crippen molar-refractivity contribution in [2.45, 2.75) is 25.0 Å². The summed E-state index contributed by atoms with van der Waals surface area (Å²) >= 11 is 0. The fourth-order valence-electron chi connectivity index (χ4n) is 5.03. The van der Waals surface area contributed by atoms with Crippen LogP contribution in [-0.2, 0) is 7.05 Å². The highest BCUT2D eigenvalue weighted by Crippen LogP contribution is 2.40. The number of hydrogen-bond acceptors (Lipinski definition) is 8. The van der Waals surface area contributed by atoms with E-state index < -0.39 is 6.10 Å². The van der Waals surface area contributed by atoms with E-state index in [-0.39, 0.29) is 12.0 Å². The molecule has 0 aliphatic heterocycles. The molecule has 35 heavy (non-hydrogen) atoms. The third-order valence-corrected chi connectivity index (χ3v) is 6.80. The summed E-state index contributed by atoms with van der Waals surface area (Å²) in [4.78, 5) is 13.1. The first-order chi connectivity index (χ1) is 17.0. The van der Waals surface area contributed by atoms with E-state index >= 15 is 0 Å². The Balaban J connectivity index is 1.25. The maximum absolute atomic E-state index is 10.9. The van der Waals surface area contributed by atoms with Crippen LogP contribution in [0, 0.1) is 5.92 Å². The van der Waals surface area contributed by atoms with Crippen LogP contribution < -0.4 is 16.2 Å². The van der Waals surface area contributed by atoms with Gasteiger partial charge < -0.3 is 25.9 Å². The lowest BCUT2D eigenvalue weighted by Gasteiger charge is -2.16. The van der Waals surface area contributed by atoms with Crippen LogP contribution in [0.3, 0.4) is 0 Å². The van der Waals surface area contributed by atoms with Crippen molar-refractivity contribution in [3.63, 3.8) is 0 Å². The van der Waals surface area contributed by atoms with Gasteiger partial charge in [-0.05, 0) is 43.2 Å². The van der Waals surface area contributed by atoms with Crippen molar-refractivity contribution in [3.8, 4) is 17.0 Å². The summed E-state index contributed by atoms with van der Waals surface area (Å²) in [6, 6.07) is 11.5. The number of hydrogen-bond donors (Lipinski definition) is 3. The third kappa shape index (κ3) is 3.81. The van der Waals surface area contributed by atoms with E-state index in [1.807, 2.05) is 49.8 Å². The van der Waals surface area contributed by atoms with Crippen molar-refractivity contribution in [1.29, 1.82) is 0 Å². The Hall–Kier alpha value is -4.18. The fraction of sp³-hybridized carbons (Fsp3) is 0.280. The number of fused-ring (bicyclic) bond motifs is 2. The summed E-state index contributed by atoms with van der Waals surface area (Å²) in [7, 11) is 1.88. The van der Waals surface area contributed by atoms with Crippen LogP contribution in [-0.4, -0.2) is 47.1 Å². The molecule has 1 aliphatic carbocycles. The maximum Gasteiger partial charge on any atom is 0.146 e. The molecule has 5 N–H and O–H groups in total. The van der Waals surface area contributed by atoms with Crippen molar-refractivity contribution < 1.29 is 9.84 Å². The number of aliphatic hydroxyl groups is 1. The second-order valence-electron chi connectivity index (χ2n) is 9.14. The first-order valence-electron chi connectivity index (χ1n) is 11.5. The highest BCUT2D eigenvalue weighted by atomic mass is 16.5. The number of anilines is 2. The van der Waals surface area contributed by atoms with Gasteiger partial charge in [0.25, 0.3) is 0 Å². The van der Waals surface area contributed by atoms with E-state index in [4.69, 9.17) is 16.2 Å². The molecule has 3 atom stereocenters. The van der Waals surface area contributed by atoms with Gasteiger partial charge in [-0.3, -0.25) is 4.68 Å². The molecule has 0 radical (unpaired) electrons. The lowest BCUT2D eigenvalue weighted by atomic mass is 10.1. The van der Waals surface area contributed by atoms with Gasteiger partial charge in [0.1, 0.15) is 29.4 Å². The smallest absolute Gasteiger partial charge is 0.146 e. The van der Waals surface area contributed by atoms with E-state index in [9.17, 15) is 5.11 Å². The van der Waals surface area contributed by atoms with E-state index in [0.717, 1.165) is 39.6 Å². The van der Waals surface area contributed by atoms with Gasteiger partial charge >= 0.3 is 0 Å². The molecule has 0 amide bonds. The topological polar surface area (TPSA) is 143 Å². The summed E-state index contributed by atoms with van der Waals surface area (Å²) in [6.45, 7) is 0.398. The Bertz CT molecular complexity index is 1540. The minimum absolute atomic E-state index is 0.0283. The van der Waals surface area contributed by atoms with Crippen LogP contribution in [0.2, 0.25) is 0 Å². The number of ether oxygens (including phenoxy) is 1. The molecule has 1 aliphatic rings. The van der Waals surface area contributed by atoms with E-state index in [0.29, 0.717) is 30.4 Å². The van der Waals surface area contributed by atoms with Crippen molar-refractivity contribution in [2.24, 2.45) is 13.0 Å². The summed E-state index contributed by atoms with van der Waals surface area (Å²) in [6.07, 6.45) is 6.24. The Morgan fingerprint density at radius 3 is 2.80 bits per heavy atom. The quantitative estimate of drug-likeness (QED) is 0.356. The van der Waals surface area contributed by atoms with Crippen molar-refractivity contribution in [1.82, 2.24) is 29.3 Å². The molecule has 1 fully saturated rings. The van der Waals surface area contributed by atoms with Crippen LogP contribution in [0.25, 0.3) is 33.2 Å². The number of aromatic nitrogens is 6. The Morgan fingerprint density at radius 1 is 1.11 bits per heavy atom. The summed E-state index contributed by atoms with van der Waals surface area (Å²) in [5.74, 6) is 1.56. The van der Waals surface area contributed by atoms with E-state index in [1.54, 1.807) is 10.7 Å². The molecule has 4 aromatic heterocycles. The second-order valence-corrected chi connectivity index (χ2v) is 9.14. The summed E-state index contributed by atoms with van der Waals surface area (Å²) in [5, 5.41) is 17.2. The maximum atomic E-state index is 10.9. The van der Waals surface area contributed by atoms with E-state index in [1.165, 1.54) is 6.33 Å². The molecule has 10 heteroatoms. The molecule has 5 aromatic rings. The number of pyridine rings is 1. The van der Waals surface area contributed by atoms with Crippen LogP contribution in [0.5, 0.6) is 5.75 Å². The highest BCUT2D eigenvalue weighted by molar-refractivity contribution is 5.99. The zero-order valence-corrected chi connectivity index (χ0v) is 19.2. The number of nitrogen functional groups attached to an aromatic ring is 2. The highest BCUT2D eigenvalue weighted by Gasteiger charge is 2.36. The van der Waals surface area contributed by atoms with Gasteiger partial charge in [-0.15, -0.1) is 0 Å². The fourth-order valence-corrected chi connectivity index (χ4v) is 5.03. The molecule has 0 spiro atoms. The molecule has 4 heterocycles. The molecular weight excluding hydrogens is 444 g/mol. The number of benzene rings is 1. The number of nitrogens with two attached hydrogens (primary N) is 2. The van der Waals surface area contributed by atoms with Gasteiger partial charge in [0, 0.05) is 48.4 Å². The number of aliphatic hydroxyl groups excluding tert-OH is 1. The number of aryl methyl sites for hydroxylation is 1. The zero-order chi connectivity index (χ0) is 24.1. The summed E-state index contributed by atoms with van der Waals surface area (Å²) < 4.78 is 9.92. The first kappa shape index (κ1) is 21.4. The standard InChI is InChI=1S/C25H26N8O2/c1-32-7-6-19(31-32)18-11-33(25-23(18)24(27)28-13-29-25)16-8-15(21(34)9-16)12-35-17-4-2-14-3-5-22(26)30-20(14)10-17/h2-7,10-11,13,15-16,21,34H,8-9,12H2,1H3,(H2,26,30)(H2,27,28,29)/t15-,16-,21+/m1/s1. The van der Waals surface area contributed by atoms with Gasteiger partial charge in [0.2, 0.25) is 0 Å². The lowest BCUT2D eigenvalue weighted by Crippen LogP contribution is -2.20. The molecule has 6 rings (SSSR count). The van der Waals surface area contributed by atoms with Crippen molar-refractivity contribution >= 4 is 33.6 Å². The average Bonchev–Trinajstić information content (AvgIpc) is 3.54. The third-order valence-electron chi connectivity index (χ3n) is 6.80. The van der Waals surface area contributed by atoms with Gasteiger partial charge in [-0.1, -0.05) is 0 Å². The number of rotatable bonds is 5. The number of nitrogens with zero attached hydrogens (tertiary/aromatic N) is 6. The Kier molecular flexibility index (Phi) is 5.03. The molecule has 1 saturated carbocycles. The SMILES string of the molecule is Cn1ccc(-c2cn([C@@H]3C[C@H](COc4ccc5ccc(N)nc5c4)[C@@H](O)C3)c3ncnc(N)c23)n1. The van der Waals surface area contributed by atoms with Gasteiger partial charge in [-0.25, -0.2) is 15.0 Å². The molecule has 0 unspecified atom stereocenters. The van der Waals surface area contributed by atoms with Gasteiger partial charge in [0.15, 0.2) is 0 Å².